The minimum atomic E-state index is -3.62. The summed E-state index contributed by atoms with van der Waals surface area (Å²) >= 11 is 0. The van der Waals surface area contributed by atoms with Crippen molar-refractivity contribution in [1.29, 1.82) is 0 Å². The van der Waals surface area contributed by atoms with Gasteiger partial charge in [-0.3, -0.25) is 9.52 Å². The Kier molecular flexibility index (Phi) is 5.61. The predicted molar refractivity (Wildman–Crippen MR) is 101 cm³/mol. The second kappa shape index (κ2) is 7.91. The monoisotopic (exact) mass is 373 g/mol. The molecular formula is C20H23NO4S. The average Bonchev–Trinajstić information content (AvgIpc) is 2.62. The zero-order chi connectivity index (χ0) is 18.6. The number of aryl methyl sites for hydroxylation is 3. The quantitative estimate of drug-likeness (QED) is 0.774. The molecule has 6 heteroatoms. The van der Waals surface area contributed by atoms with Gasteiger partial charge in [-0.25, -0.2) is 8.42 Å². The molecule has 0 amide bonds. The van der Waals surface area contributed by atoms with Crippen LogP contribution in [0.5, 0.6) is 0 Å². The molecule has 0 saturated carbocycles. The molecule has 2 aromatic carbocycles. The summed E-state index contributed by atoms with van der Waals surface area (Å²) in [5, 5.41) is 8.67. The van der Waals surface area contributed by atoms with E-state index in [1.54, 1.807) is 24.3 Å². The lowest BCUT2D eigenvalue weighted by Crippen LogP contribution is -2.14. The summed E-state index contributed by atoms with van der Waals surface area (Å²) in [6.07, 6.45) is 5.58. The summed E-state index contributed by atoms with van der Waals surface area (Å²) in [4.78, 5) is 10.8. The van der Waals surface area contributed by atoms with E-state index in [1.165, 1.54) is 5.56 Å². The van der Waals surface area contributed by atoms with E-state index in [-0.39, 0.29) is 6.42 Å². The molecule has 1 aliphatic rings. The van der Waals surface area contributed by atoms with Gasteiger partial charge in [-0.2, -0.15) is 0 Å². The van der Waals surface area contributed by atoms with Crippen LogP contribution in [0.4, 0.5) is 5.69 Å². The van der Waals surface area contributed by atoms with Crippen molar-refractivity contribution in [3.05, 3.63) is 59.2 Å². The van der Waals surface area contributed by atoms with Crippen LogP contribution >= 0.6 is 0 Å². The fourth-order valence-corrected chi connectivity index (χ4v) is 4.38. The normalized spacial score (nSPS) is 13.8. The second-order valence-corrected chi connectivity index (χ2v) is 8.37. The Morgan fingerprint density at radius 2 is 1.69 bits per heavy atom. The zero-order valence-electron chi connectivity index (χ0n) is 14.6. The molecule has 0 aromatic heterocycles. The van der Waals surface area contributed by atoms with Crippen molar-refractivity contribution in [2.75, 3.05) is 4.72 Å². The molecule has 2 N–H and O–H groups in total. The molecule has 2 aromatic rings. The maximum atomic E-state index is 12.6. The molecule has 0 spiro atoms. The summed E-state index contributed by atoms with van der Waals surface area (Å²) in [7, 11) is -3.62. The summed E-state index contributed by atoms with van der Waals surface area (Å²) in [6.45, 7) is 0. The highest BCUT2D eigenvalue weighted by Gasteiger charge is 2.17. The number of hydrogen-bond acceptors (Lipinski definition) is 3. The molecule has 0 heterocycles. The number of benzene rings is 2. The minimum Gasteiger partial charge on any atom is -0.481 e. The molecular weight excluding hydrogens is 350 g/mol. The first kappa shape index (κ1) is 18.5. The highest BCUT2D eigenvalue weighted by molar-refractivity contribution is 7.92. The van der Waals surface area contributed by atoms with Crippen LogP contribution in [-0.4, -0.2) is 19.5 Å². The van der Waals surface area contributed by atoms with Gasteiger partial charge in [0.15, 0.2) is 0 Å². The van der Waals surface area contributed by atoms with Crippen molar-refractivity contribution in [2.45, 2.75) is 49.8 Å². The molecule has 0 saturated heterocycles. The minimum absolute atomic E-state index is 0.132. The lowest BCUT2D eigenvalue weighted by Gasteiger charge is -2.17. The highest BCUT2D eigenvalue weighted by Crippen LogP contribution is 2.25. The topological polar surface area (TPSA) is 83.5 Å². The van der Waals surface area contributed by atoms with Gasteiger partial charge in [-0.15, -0.1) is 0 Å². The summed E-state index contributed by atoms with van der Waals surface area (Å²) in [5.74, 6) is -0.806. The van der Waals surface area contributed by atoms with E-state index >= 15 is 0 Å². The average molecular weight is 373 g/mol. The Bertz CT molecular complexity index is 889. The van der Waals surface area contributed by atoms with E-state index < -0.39 is 16.0 Å². The number of carbonyl (C=O) groups is 1. The highest BCUT2D eigenvalue weighted by atomic mass is 32.2. The summed E-state index contributed by atoms with van der Waals surface area (Å²) < 4.78 is 27.9. The fraction of sp³-hybridized carbons (Fsp3) is 0.350. The van der Waals surface area contributed by atoms with Crippen molar-refractivity contribution >= 4 is 21.7 Å². The molecule has 0 fully saturated rings. The number of carboxylic acids is 1. The van der Waals surface area contributed by atoms with Gasteiger partial charge in [-0.1, -0.05) is 18.2 Å². The van der Waals surface area contributed by atoms with Gasteiger partial charge < -0.3 is 5.11 Å². The lowest BCUT2D eigenvalue weighted by molar-refractivity contribution is -0.137. The molecule has 26 heavy (non-hydrogen) atoms. The van der Waals surface area contributed by atoms with Crippen molar-refractivity contribution in [3.8, 4) is 0 Å². The molecule has 0 atom stereocenters. The first-order chi connectivity index (χ1) is 12.4. The van der Waals surface area contributed by atoms with E-state index in [4.69, 9.17) is 5.11 Å². The van der Waals surface area contributed by atoms with Crippen molar-refractivity contribution in [3.63, 3.8) is 0 Å². The van der Waals surface area contributed by atoms with E-state index in [2.05, 4.69) is 4.72 Å². The van der Waals surface area contributed by atoms with Gasteiger partial charge in [-0.05, 0) is 79.5 Å². The Balaban J connectivity index is 1.68. The van der Waals surface area contributed by atoms with E-state index in [0.29, 0.717) is 23.4 Å². The number of hydrogen-bond donors (Lipinski definition) is 2. The SMILES string of the molecule is O=C(O)CCCc1ccc(NS(=O)(=O)c2ccc3c(c2)CCCC3)cc1. The van der Waals surface area contributed by atoms with Gasteiger partial charge in [0.05, 0.1) is 4.90 Å². The first-order valence-corrected chi connectivity index (χ1v) is 10.4. The Morgan fingerprint density at radius 1 is 1.00 bits per heavy atom. The van der Waals surface area contributed by atoms with Crippen molar-refractivity contribution in [1.82, 2.24) is 0 Å². The smallest absolute Gasteiger partial charge is 0.303 e. The van der Waals surface area contributed by atoms with Gasteiger partial charge in [0.1, 0.15) is 0 Å². The van der Waals surface area contributed by atoms with Crippen LogP contribution in [0.25, 0.3) is 0 Å². The molecule has 138 valence electrons. The molecule has 5 nitrogen and oxygen atoms in total. The van der Waals surface area contributed by atoms with Crippen molar-refractivity contribution in [2.24, 2.45) is 0 Å². The van der Waals surface area contributed by atoms with Gasteiger partial charge in [0.2, 0.25) is 0 Å². The maximum Gasteiger partial charge on any atom is 0.303 e. The third-order valence-corrected chi connectivity index (χ3v) is 6.07. The van der Waals surface area contributed by atoms with Gasteiger partial charge in [0, 0.05) is 12.1 Å². The Labute approximate surface area is 154 Å². The molecule has 0 aliphatic heterocycles. The van der Waals surface area contributed by atoms with E-state index in [0.717, 1.165) is 36.8 Å². The van der Waals surface area contributed by atoms with Crippen LogP contribution in [0.1, 0.15) is 42.4 Å². The lowest BCUT2D eigenvalue weighted by atomic mass is 9.92. The van der Waals surface area contributed by atoms with Crippen LogP contribution in [0, 0.1) is 0 Å². The standard InChI is InChI=1S/C20H23NO4S/c22-20(23)7-3-4-15-8-11-18(12-9-15)21-26(24,25)19-13-10-16-5-1-2-6-17(16)14-19/h8-14,21H,1-7H2,(H,22,23). The first-order valence-electron chi connectivity index (χ1n) is 8.89. The molecule has 3 rings (SSSR count). The predicted octanol–water partition coefficient (Wildman–Crippen LogP) is 3.77. The van der Waals surface area contributed by atoms with Gasteiger partial charge in [0.25, 0.3) is 10.0 Å². The number of nitrogens with one attached hydrogen (secondary N) is 1. The maximum absolute atomic E-state index is 12.6. The van der Waals surface area contributed by atoms with Crippen LogP contribution in [-0.2, 0) is 34.1 Å². The number of sulfonamides is 1. The zero-order valence-corrected chi connectivity index (χ0v) is 15.4. The molecule has 0 radical (unpaired) electrons. The number of fused-ring (bicyclic) bond motifs is 1. The molecule has 0 unspecified atom stereocenters. The Morgan fingerprint density at radius 3 is 2.38 bits per heavy atom. The van der Waals surface area contributed by atoms with E-state index in [9.17, 15) is 13.2 Å². The third kappa shape index (κ3) is 4.64. The number of rotatable bonds is 7. The van der Waals surface area contributed by atoms with Crippen LogP contribution in [0.15, 0.2) is 47.4 Å². The van der Waals surface area contributed by atoms with Gasteiger partial charge >= 0.3 is 5.97 Å². The van der Waals surface area contributed by atoms with Crippen LogP contribution in [0.2, 0.25) is 0 Å². The largest absolute Gasteiger partial charge is 0.481 e. The number of carboxylic acid groups (broad SMARTS) is 1. The summed E-state index contributed by atoms with van der Waals surface area (Å²) in [5.41, 5.74) is 3.88. The second-order valence-electron chi connectivity index (χ2n) is 6.69. The Hall–Kier alpha value is -2.34. The molecule has 1 aliphatic carbocycles. The number of anilines is 1. The van der Waals surface area contributed by atoms with Crippen LogP contribution < -0.4 is 4.72 Å². The molecule has 0 bridgehead atoms. The van der Waals surface area contributed by atoms with Crippen LogP contribution in [0.3, 0.4) is 0 Å². The number of aliphatic carboxylic acids is 1. The third-order valence-electron chi connectivity index (χ3n) is 4.69. The van der Waals surface area contributed by atoms with E-state index in [1.807, 2.05) is 18.2 Å². The fourth-order valence-electron chi connectivity index (χ4n) is 3.27. The summed E-state index contributed by atoms with van der Waals surface area (Å²) in [6, 6.07) is 12.5. The van der Waals surface area contributed by atoms with Crippen molar-refractivity contribution < 1.29 is 18.3 Å².